The van der Waals surface area contributed by atoms with Crippen molar-refractivity contribution in [1.29, 1.82) is 0 Å². The van der Waals surface area contributed by atoms with E-state index in [0.29, 0.717) is 11.5 Å². The van der Waals surface area contributed by atoms with Crippen LogP contribution in [0.15, 0.2) is 35.3 Å². The topological polar surface area (TPSA) is 39.7 Å². The third-order valence-corrected chi connectivity index (χ3v) is 5.23. The van der Waals surface area contributed by atoms with E-state index in [2.05, 4.69) is 57.9 Å². The second-order valence-electron chi connectivity index (χ2n) is 6.73. The van der Waals surface area contributed by atoms with Crippen molar-refractivity contribution in [2.45, 2.75) is 37.1 Å². The van der Waals surface area contributed by atoms with E-state index in [4.69, 9.17) is 0 Å². The predicted octanol–water partition coefficient (Wildman–Crippen LogP) is 2.60. The second kappa shape index (κ2) is 8.33. The van der Waals surface area contributed by atoms with Crippen LogP contribution in [-0.2, 0) is 5.41 Å². The maximum absolute atomic E-state index is 4.37. The molecule has 1 atom stereocenters. The van der Waals surface area contributed by atoms with Gasteiger partial charge in [-0.25, -0.2) is 0 Å². The number of aliphatic imine (C=N–C) groups is 1. The van der Waals surface area contributed by atoms with Crippen LogP contribution < -0.4 is 10.6 Å². The van der Waals surface area contributed by atoms with Crippen molar-refractivity contribution in [3.8, 4) is 0 Å². The van der Waals surface area contributed by atoms with Crippen LogP contribution in [0.25, 0.3) is 0 Å². The minimum Gasteiger partial charge on any atom is -0.356 e. The summed E-state index contributed by atoms with van der Waals surface area (Å²) >= 11 is 0. The molecule has 1 unspecified atom stereocenters. The van der Waals surface area contributed by atoms with E-state index in [1.54, 1.807) is 0 Å². The molecule has 1 aliphatic carbocycles. The normalized spacial score (nSPS) is 23.2. The summed E-state index contributed by atoms with van der Waals surface area (Å²) in [7, 11) is 4.07. The van der Waals surface area contributed by atoms with E-state index in [-0.39, 0.29) is 24.0 Å². The highest BCUT2D eigenvalue weighted by molar-refractivity contribution is 14.0. The molecule has 2 aliphatic rings. The lowest BCUT2D eigenvalue weighted by molar-refractivity contribution is 0.309. The van der Waals surface area contributed by atoms with Crippen molar-refractivity contribution < 1.29 is 0 Å². The number of hydrogen-bond acceptors (Lipinski definition) is 2. The molecule has 0 spiro atoms. The molecule has 1 aliphatic heterocycles. The molecule has 1 aromatic carbocycles. The summed E-state index contributed by atoms with van der Waals surface area (Å²) in [5, 5.41) is 7.02. The van der Waals surface area contributed by atoms with Gasteiger partial charge < -0.3 is 15.5 Å². The van der Waals surface area contributed by atoms with Gasteiger partial charge in [-0.15, -0.1) is 24.0 Å². The number of likely N-dealkylation sites (tertiary alicyclic amines) is 1. The highest BCUT2D eigenvalue weighted by Crippen LogP contribution is 2.47. The van der Waals surface area contributed by atoms with Crippen LogP contribution in [0.2, 0.25) is 0 Å². The number of rotatable bonds is 5. The van der Waals surface area contributed by atoms with E-state index in [1.807, 2.05) is 7.05 Å². The van der Waals surface area contributed by atoms with Gasteiger partial charge in [-0.2, -0.15) is 0 Å². The first-order valence-corrected chi connectivity index (χ1v) is 8.44. The number of nitrogens with one attached hydrogen (secondary N) is 2. The average Bonchev–Trinajstić information content (AvgIpc) is 3.25. The van der Waals surface area contributed by atoms with Crippen molar-refractivity contribution in [3.05, 3.63) is 35.9 Å². The van der Waals surface area contributed by atoms with Crippen LogP contribution in [0.3, 0.4) is 0 Å². The molecular formula is C18H29IN4. The van der Waals surface area contributed by atoms with Crippen LogP contribution in [0.5, 0.6) is 0 Å². The van der Waals surface area contributed by atoms with Crippen molar-refractivity contribution >= 4 is 29.9 Å². The van der Waals surface area contributed by atoms with Crippen LogP contribution >= 0.6 is 24.0 Å². The molecule has 23 heavy (non-hydrogen) atoms. The molecule has 0 amide bonds. The Bertz CT molecular complexity index is 513. The standard InChI is InChI=1S/C18H28N4.HI/c1-19-17(20-13-16-9-6-12-22(16)2)21-14-18(10-11-18)15-7-4-3-5-8-15;/h3-5,7-8,16H,6,9-14H2,1-2H3,(H2,19,20,21);1H. The minimum atomic E-state index is 0. The van der Waals surface area contributed by atoms with E-state index < -0.39 is 0 Å². The maximum atomic E-state index is 4.37. The fourth-order valence-corrected chi connectivity index (χ4v) is 3.44. The Balaban J connectivity index is 0.00000192. The Hall–Kier alpha value is -0.820. The Kier molecular flexibility index (Phi) is 6.71. The molecule has 0 aromatic heterocycles. The molecule has 2 N–H and O–H groups in total. The van der Waals surface area contributed by atoms with Crippen molar-refractivity contribution in [3.63, 3.8) is 0 Å². The lowest BCUT2D eigenvalue weighted by atomic mass is 9.96. The number of benzene rings is 1. The van der Waals surface area contributed by atoms with Crippen LogP contribution in [0.4, 0.5) is 0 Å². The molecule has 4 nitrogen and oxygen atoms in total. The first-order chi connectivity index (χ1) is 10.7. The molecule has 3 rings (SSSR count). The molecule has 1 aromatic rings. The lowest BCUT2D eigenvalue weighted by Crippen LogP contribution is -2.45. The zero-order chi connectivity index (χ0) is 15.4. The zero-order valence-corrected chi connectivity index (χ0v) is 16.5. The number of nitrogens with zero attached hydrogens (tertiary/aromatic N) is 2. The van der Waals surface area contributed by atoms with Gasteiger partial charge in [-0.1, -0.05) is 30.3 Å². The third-order valence-electron chi connectivity index (χ3n) is 5.23. The number of halogens is 1. The van der Waals surface area contributed by atoms with Gasteiger partial charge in [0.25, 0.3) is 0 Å². The van der Waals surface area contributed by atoms with Crippen molar-refractivity contribution in [2.75, 3.05) is 33.7 Å². The monoisotopic (exact) mass is 428 g/mol. The highest BCUT2D eigenvalue weighted by atomic mass is 127. The maximum Gasteiger partial charge on any atom is 0.191 e. The van der Waals surface area contributed by atoms with Crippen LogP contribution in [0.1, 0.15) is 31.2 Å². The summed E-state index contributed by atoms with van der Waals surface area (Å²) < 4.78 is 0. The first kappa shape index (κ1) is 18.5. The average molecular weight is 428 g/mol. The quantitative estimate of drug-likeness (QED) is 0.430. The van der Waals surface area contributed by atoms with Gasteiger partial charge >= 0.3 is 0 Å². The van der Waals surface area contributed by atoms with Gasteiger partial charge in [0.15, 0.2) is 5.96 Å². The van der Waals surface area contributed by atoms with Crippen LogP contribution in [0, 0.1) is 0 Å². The molecular weight excluding hydrogens is 399 g/mol. The predicted molar refractivity (Wildman–Crippen MR) is 108 cm³/mol. The molecule has 1 saturated carbocycles. The Morgan fingerprint density at radius 1 is 1.26 bits per heavy atom. The summed E-state index contributed by atoms with van der Waals surface area (Å²) in [5.74, 6) is 0.933. The Morgan fingerprint density at radius 2 is 2.00 bits per heavy atom. The van der Waals surface area contributed by atoms with Gasteiger partial charge in [0.2, 0.25) is 0 Å². The first-order valence-electron chi connectivity index (χ1n) is 8.44. The third kappa shape index (κ3) is 4.59. The van der Waals surface area contributed by atoms with Gasteiger partial charge in [0.05, 0.1) is 0 Å². The van der Waals surface area contributed by atoms with E-state index in [1.165, 1.54) is 37.8 Å². The van der Waals surface area contributed by atoms with E-state index in [0.717, 1.165) is 19.0 Å². The lowest BCUT2D eigenvalue weighted by Gasteiger charge is -2.23. The second-order valence-corrected chi connectivity index (χ2v) is 6.73. The number of guanidine groups is 1. The summed E-state index contributed by atoms with van der Waals surface area (Å²) in [6.07, 6.45) is 5.14. The number of likely N-dealkylation sites (N-methyl/N-ethyl adjacent to an activating group) is 1. The van der Waals surface area contributed by atoms with Crippen LogP contribution in [-0.4, -0.2) is 50.6 Å². The van der Waals surface area contributed by atoms with Gasteiger partial charge in [-0.05, 0) is 44.8 Å². The molecule has 1 heterocycles. The van der Waals surface area contributed by atoms with Gasteiger partial charge in [-0.3, -0.25) is 4.99 Å². The smallest absolute Gasteiger partial charge is 0.191 e. The Labute approximate surface area is 157 Å². The molecule has 1 saturated heterocycles. The summed E-state index contributed by atoms with van der Waals surface area (Å²) in [5.41, 5.74) is 1.77. The summed E-state index contributed by atoms with van der Waals surface area (Å²) in [6.45, 7) is 3.17. The number of hydrogen-bond donors (Lipinski definition) is 2. The molecule has 0 radical (unpaired) electrons. The largest absolute Gasteiger partial charge is 0.356 e. The highest BCUT2D eigenvalue weighted by Gasteiger charge is 2.44. The molecule has 128 valence electrons. The minimum absolute atomic E-state index is 0. The molecule has 2 fully saturated rings. The van der Waals surface area contributed by atoms with Gasteiger partial charge in [0, 0.05) is 31.6 Å². The molecule has 0 bridgehead atoms. The zero-order valence-electron chi connectivity index (χ0n) is 14.2. The van der Waals surface area contributed by atoms with Crippen molar-refractivity contribution in [2.24, 2.45) is 4.99 Å². The summed E-state index contributed by atoms with van der Waals surface area (Å²) in [6, 6.07) is 11.5. The van der Waals surface area contributed by atoms with Gasteiger partial charge in [0.1, 0.15) is 0 Å². The SMILES string of the molecule is CN=C(NCC1CCCN1C)NCC1(c2ccccc2)CC1.I. The fourth-order valence-electron chi connectivity index (χ4n) is 3.44. The van der Waals surface area contributed by atoms with E-state index >= 15 is 0 Å². The summed E-state index contributed by atoms with van der Waals surface area (Å²) in [4.78, 5) is 6.81. The van der Waals surface area contributed by atoms with E-state index in [9.17, 15) is 0 Å². The molecule has 5 heteroatoms. The van der Waals surface area contributed by atoms with Crippen molar-refractivity contribution in [1.82, 2.24) is 15.5 Å². The fraction of sp³-hybridized carbons (Fsp3) is 0.611. The Morgan fingerprint density at radius 3 is 2.57 bits per heavy atom.